The van der Waals surface area contributed by atoms with Crippen molar-refractivity contribution in [3.05, 3.63) is 29.6 Å². The third kappa shape index (κ3) is 3.53. The summed E-state index contributed by atoms with van der Waals surface area (Å²) in [6.07, 6.45) is 2.60. The van der Waals surface area contributed by atoms with E-state index < -0.39 is 0 Å². The van der Waals surface area contributed by atoms with Crippen LogP contribution in [0.15, 0.2) is 18.3 Å². The lowest BCUT2D eigenvalue weighted by Crippen LogP contribution is -2.37. The minimum Gasteiger partial charge on any atom is -0.336 e. The zero-order valence-electron chi connectivity index (χ0n) is 10.8. The third-order valence-electron chi connectivity index (χ3n) is 2.62. The van der Waals surface area contributed by atoms with Gasteiger partial charge < -0.3 is 10.6 Å². The molecule has 94 valence electrons. The van der Waals surface area contributed by atoms with Crippen LogP contribution in [0.5, 0.6) is 0 Å². The number of nitrogens with zero attached hydrogens (tertiary/aromatic N) is 2. The van der Waals surface area contributed by atoms with Crippen molar-refractivity contribution in [2.75, 3.05) is 6.54 Å². The highest BCUT2D eigenvalue weighted by atomic mass is 16.2. The van der Waals surface area contributed by atoms with Crippen molar-refractivity contribution in [2.45, 2.75) is 39.8 Å². The summed E-state index contributed by atoms with van der Waals surface area (Å²) in [5.41, 5.74) is 6.94. The lowest BCUT2D eigenvalue weighted by atomic mass is 10.1. The maximum atomic E-state index is 12.3. The molecule has 0 atom stereocenters. The second-order valence-electron chi connectivity index (χ2n) is 4.33. The van der Waals surface area contributed by atoms with E-state index in [1.807, 2.05) is 18.7 Å². The lowest BCUT2D eigenvalue weighted by Gasteiger charge is -2.26. The first-order chi connectivity index (χ1) is 8.10. The Morgan fingerprint density at radius 3 is 2.76 bits per heavy atom. The molecule has 1 heterocycles. The molecule has 1 aromatic rings. The Kier molecular flexibility index (Phi) is 5.10. The van der Waals surface area contributed by atoms with E-state index in [9.17, 15) is 4.79 Å². The fourth-order valence-electron chi connectivity index (χ4n) is 1.72. The van der Waals surface area contributed by atoms with Crippen LogP contribution in [0.2, 0.25) is 0 Å². The number of rotatable bonds is 5. The van der Waals surface area contributed by atoms with Crippen LogP contribution in [0, 0.1) is 0 Å². The first-order valence-electron chi connectivity index (χ1n) is 6.06. The second-order valence-corrected chi connectivity index (χ2v) is 4.33. The van der Waals surface area contributed by atoms with Crippen molar-refractivity contribution in [3.8, 4) is 0 Å². The largest absolute Gasteiger partial charge is 0.336 e. The predicted molar refractivity (Wildman–Crippen MR) is 68.6 cm³/mol. The van der Waals surface area contributed by atoms with Crippen molar-refractivity contribution in [1.29, 1.82) is 0 Å². The van der Waals surface area contributed by atoms with Crippen LogP contribution in [-0.2, 0) is 6.54 Å². The Bertz CT molecular complexity index is 377. The molecule has 17 heavy (non-hydrogen) atoms. The van der Waals surface area contributed by atoms with Gasteiger partial charge >= 0.3 is 0 Å². The van der Waals surface area contributed by atoms with Crippen molar-refractivity contribution in [3.63, 3.8) is 0 Å². The standard InChI is InChI=1S/C13H21N3O/c1-4-7-16(10(2)3)13(17)11-5-6-15-12(8-11)9-14/h5-6,8,10H,4,7,9,14H2,1-3H3. The highest BCUT2D eigenvalue weighted by Gasteiger charge is 2.17. The Labute approximate surface area is 103 Å². The number of pyridine rings is 1. The van der Waals surface area contributed by atoms with Crippen molar-refractivity contribution in [2.24, 2.45) is 5.73 Å². The number of hydrogen-bond acceptors (Lipinski definition) is 3. The van der Waals surface area contributed by atoms with Crippen LogP contribution in [0.4, 0.5) is 0 Å². The monoisotopic (exact) mass is 235 g/mol. The van der Waals surface area contributed by atoms with Gasteiger partial charge in [-0.1, -0.05) is 6.92 Å². The van der Waals surface area contributed by atoms with Gasteiger partial charge in [0.1, 0.15) is 0 Å². The molecule has 4 nitrogen and oxygen atoms in total. The minimum absolute atomic E-state index is 0.0546. The average molecular weight is 235 g/mol. The van der Waals surface area contributed by atoms with E-state index in [1.165, 1.54) is 0 Å². The first-order valence-corrected chi connectivity index (χ1v) is 6.06. The van der Waals surface area contributed by atoms with Crippen molar-refractivity contribution < 1.29 is 4.79 Å². The third-order valence-corrected chi connectivity index (χ3v) is 2.62. The zero-order valence-corrected chi connectivity index (χ0v) is 10.8. The molecule has 0 unspecified atom stereocenters. The molecule has 2 N–H and O–H groups in total. The highest BCUT2D eigenvalue weighted by Crippen LogP contribution is 2.10. The molecule has 0 bridgehead atoms. The van der Waals surface area contributed by atoms with Gasteiger partial charge in [0.2, 0.25) is 0 Å². The maximum absolute atomic E-state index is 12.3. The molecule has 4 heteroatoms. The summed E-state index contributed by atoms with van der Waals surface area (Å²) < 4.78 is 0. The molecule has 0 aliphatic rings. The summed E-state index contributed by atoms with van der Waals surface area (Å²) in [5, 5.41) is 0. The minimum atomic E-state index is 0.0546. The predicted octanol–water partition coefficient (Wildman–Crippen LogP) is 1.80. The summed E-state index contributed by atoms with van der Waals surface area (Å²) in [4.78, 5) is 18.3. The highest BCUT2D eigenvalue weighted by molar-refractivity contribution is 5.94. The molecule has 1 aromatic heterocycles. The van der Waals surface area contributed by atoms with Crippen LogP contribution in [0.1, 0.15) is 43.2 Å². The smallest absolute Gasteiger partial charge is 0.254 e. The summed E-state index contributed by atoms with van der Waals surface area (Å²) in [6.45, 7) is 7.26. The molecule has 0 aliphatic carbocycles. The van der Waals surface area contributed by atoms with E-state index in [1.54, 1.807) is 18.3 Å². The fourth-order valence-corrected chi connectivity index (χ4v) is 1.72. The van der Waals surface area contributed by atoms with E-state index in [2.05, 4.69) is 11.9 Å². The summed E-state index contributed by atoms with van der Waals surface area (Å²) in [5.74, 6) is 0.0546. The molecule has 0 saturated heterocycles. The molecule has 0 saturated carbocycles. The number of nitrogens with two attached hydrogens (primary N) is 1. The van der Waals surface area contributed by atoms with Crippen molar-refractivity contribution >= 4 is 5.91 Å². The molecule has 0 spiro atoms. The Hall–Kier alpha value is -1.42. The van der Waals surface area contributed by atoms with Gasteiger partial charge in [-0.3, -0.25) is 9.78 Å². The van der Waals surface area contributed by atoms with Gasteiger partial charge in [0, 0.05) is 30.9 Å². The van der Waals surface area contributed by atoms with Crippen LogP contribution in [-0.4, -0.2) is 28.4 Å². The van der Waals surface area contributed by atoms with Crippen LogP contribution >= 0.6 is 0 Å². The zero-order chi connectivity index (χ0) is 12.8. The Balaban J connectivity index is 2.92. The fraction of sp³-hybridized carbons (Fsp3) is 0.538. The van der Waals surface area contributed by atoms with E-state index in [4.69, 9.17) is 5.73 Å². The van der Waals surface area contributed by atoms with Crippen molar-refractivity contribution in [1.82, 2.24) is 9.88 Å². The Morgan fingerprint density at radius 1 is 1.53 bits per heavy atom. The topological polar surface area (TPSA) is 59.2 Å². The number of aromatic nitrogens is 1. The number of amides is 1. The molecule has 1 amide bonds. The number of carbonyl (C=O) groups is 1. The van der Waals surface area contributed by atoms with Crippen LogP contribution < -0.4 is 5.73 Å². The quantitative estimate of drug-likeness (QED) is 0.846. The normalized spacial score (nSPS) is 10.6. The molecule has 0 radical (unpaired) electrons. The first kappa shape index (κ1) is 13.6. The van der Waals surface area contributed by atoms with Gasteiger partial charge in [-0.2, -0.15) is 0 Å². The van der Waals surface area contributed by atoms with Gasteiger partial charge in [-0.25, -0.2) is 0 Å². The Morgan fingerprint density at radius 2 is 2.24 bits per heavy atom. The summed E-state index contributed by atoms with van der Waals surface area (Å²) in [7, 11) is 0. The van der Waals surface area contributed by atoms with Gasteiger partial charge in [-0.05, 0) is 32.4 Å². The average Bonchev–Trinajstić information content (AvgIpc) is 2.34. The van der Waals surface area contributed by atoms with Gasteiger partial charge in [-0.15, -0.1) is 0 Å². The summed E-state index contributed by atoms with van der Waals surface area (Å²) >= 11 is 0. The molecular formula is C13H21N3O. The number of hydrogen-bond donors (Lipinski definition) is 1. The number of carbonyl (C=O) groups excluding carboxylic acids is 1. The van der Waals surface area contributed by atoms with Gasteiger partial charge in [0.15, 0.2) is 0 Å². The van der Waals surface area contributed by atoms with Gasteiger partial charge in [0.25, 0.3) is 5.91 Å². The van der Waals surface area contributed by atoms with E-state index in [0.29, 0.717) is 12.1 Å². The molecule has 1 rings (SSSR count). The van der Waals surface area contributed by atoms with Crippen LogP contribution in [0.25, 0.3) is 0 Å². The summed E-state index contributed by atoms with van der Waals surface area (Å²) in [6, 6.07) is 3.72. The van der Waals surface area contributed by atoms with E-state index in [-0.39, 0.29) is 11.9 Å². The molecule has 0 fully saturated rings. The molecule has 0 aliphatic heterocycles. The van der Waals surface area contributed by atoms with E-state index >= 15 is 0 Å². The lowest BCUT2D eigenvalue weighted by molar-refractivity contribution is 0.0705. The van der Waals surface area contributed by atoms with Gasteiger partial charge in [0.05, 0.1) is 5.69 Å². The maximum Gasteiger partial charge on any atom is 0.254 e. The van der Waals surface area contributed by atoms with E-state index in [0.717, 1.165) is 18.7 Å². The molecule has 0 aromatic carbocycles. The second kappa shape index (κ2) is 6.35. The SMILES string of the molecule is CCCN(C(=O)c1ccnc(CN)c1)C(C)C. The van der Waals surface area contributed by atoms with Crippen LogP contribution in [0.3, 0.4) is 0 Å². The molecular weight excluding hydrogens is 214 g/mol.